The molecule has 2 nitrogen and oxygen atoms in total. The molecule has 1 fully saturated rings. The van der Waals surface area contributed by atoms with E-state index in [4.69, 9.17) is 28.2 Å². The molecule has 0 N–H and O–H groups in total. The predicted octanol–water partition coefficient (Wildman–Crippen LogP) is 5.67. The highest BCUT2D eigenvalue weighted by Crippen LogP contribution is 2.50. The highest BCUT2D eigenvalue weighted by molar-refractivity contribution is 8.01. The Labute approximate surface area is 144 Å². The maximum atomic E-state index is 6.42. The van der Waals surface area contributed by atoms with Crippen LogP contribution in [0.4, 0.5) is 5.69 Å². The molecule has 2 aliphatic rings. The van der Waals surface area contributed by atoms with Gasteiger partial charge in [-0.05, 0) is 30.7 Å². The molecule has 0 spiro atoms. The molecular formula is C17H14Cl2N2S. The van der Waals surface area contributed by atoms with Crippen LogP contribution < -0.4 is 0 Å². The van der Waals surface area contributed by atoms with Gasteiger partial charge in [-0.3, -0.25) is 0 Å². The minimum Gasteiger partial charge on any atom is -0.338 e. The van der Waals surface area contributed by atoms with Crippen molar-refractivity contribution in [2.45, 2.75) is 24.1 Å². The van der Waals surface area contributed by atoms with Crippen molar-refractivity contribution in [3.05, 3.63) is 63.6 Å². The third kappa shape index (κ3) is 2.23. The molecule has 2 aromatic carbocycles. The number of thioether (sulfide) groups is 1. The van der Waals surface area contributed by atoms with Crippen molar-refractivity contribution in [2.24, 2.45) is 4.99 Å². The quantitative estimate of drug-likeness (QED) is 0.659. The Balaban J connectivity index is 1.80. The van der Waals surface area contributed by atoms with E-state index in [1.54, 1.807) is 0 Å². The van der Waals surface area contributed by atoms with Crippen LogP contribution in [0.1, 0.15) is 23.4 Å². The van der Waals surface area contributed by atoms with Gasteiger partial charge in [0.1, 0.15) is 11.2 Å². The van der Waals surface area contributed by atoms with Gasteiger partial charge in [0.2, 0.25) is 0 Å². The molecule has 5 heteroatoms. The number of benzene rings is 2. The van der Waals surface area contributed by atoms with E-state index >= 15 is 0 Å². The zero-order valence-electron chi connectivity index (χ0n) is 12.0. The van der Waals surface area contributed by atoms with Gasteiger partial charge in [-0.25, -0.2) is 4.99 Å². The standard InChI is InChI=1S/C17H14Cl2N2S/c1-10-16-20-14-8-3-2-5-11(14)9-21(16)17(22-10)15-12(18)6-4-7-13(15)19/h2-8,10,17H,9H2,1H3/t10-,17+/m1/s1. The van der Waals surface area contributed by atoms with Gasteiger partial charge < -0.3 is 4.90 Å². The van der Waals surface area contributed by atoms with Gasteiger partial charge in [-0.1, -0.05) is 47.5 Å². The number of nitrogens with zero attached hydrogens (tertiary/aromatic N) is 2. The van der Waals surface area contributed by atoms with Gasteiger partial charge in [-0.15, -0.1) is 11.8 Å². The summed E-state index contributed by atoms with van der Waals surface area (Å²) in [6.07, 6.45) is 0. The van der Waals surface area contributed by atoms with Crippen LogP contribution >= 0.6 is 35.0 Å². The number of amidine groups is 1. The average Bonchev–Trinajstić information content (AvgIpc) is 2.82. The molecule has 2 aliphatic heterocycles. The summed E-state index contributed by atoms with van der Waals surface area (Å²) in [5.74, 6) is 1.12. The van der Waals surface area contributed by atoms with Crippen LogP contribution in [0.2, 0.25) is 10.0 Å². The molecule has 2 atom stereocenters. The van der Waals surface area contributed by atoms with E-state index in [2.05, 4.69) is 30.0 Å². The monoisotopic (exact) mass is 348 g/mol. The van der Waals surface area contributed by atoms with Crippen LogP contribution in [0, 0.1) is 0 Å². The maximum Gasteiger partial charge on any atom is 0.119 e. The van der Waals surface area contributed by atoms with Crippen molar-refractivity contribution >= 4 is 46.5 Å². The molecule has 1 saturated heterocycles. The molecule has 0 bridgehead atoms. The number of aliphatic imine (C=N–C) groups is 1. The number of hydrogen-bond acceptors (Lipinski definition) is 3. The van der Waals surface area contributed by atoms with Gasteiger partial charge in [0.25, 0.3) is 0 Å². The Morgan fingerprint density at radius 2 is 1.82 bits per heavy atom. The largest absolute Gasteiger partial charge is 0.338 e. The molecule has 0 aliphatic carbocycles. The van der Waals surface area contributed by atoms with E-state index in [0.717, 1.165) is 33.7 Å². The van der Waals surface area contributed by atoms with Gasteiger partial charge in [0, 0.05) is 22.2 Å². The maximum absolute atomic E-state index is 6.42. The van der Waals surface area contributed by atoms with Crippen LogP contribution in [-0.2, 0) is 6.54 Å². The molecule has 2 aromatic rings. The third-order valence-electron chi connectivity index (χ3n) is 4.09. The first kappa shape index (κ1) is 14.4. The van der Waals surface area contributed by atoms with E-state index in [9.17, 15) is 0 Å². The lowest BCUT2D eigenvalue weighted by atomic mass is 10.1. The van der Waals surface area contributed by atoms with Gasteiger partial charge in [0.15, 0.2) is 0 Å². The molecule has 112 valence electrons. The van der Waals surface area contributed by atoms with Crippen LogP contribution in [0.15, 0.2) is 47.5 Å². The SMILES string of the molecule is C[C@H]1S[C@@H](c2c(Cl)cccc2Cl)N2Cc3ccccc3N=C12. The molecule has 4 rings (SSSR count). The molecule has 0 amide bonds. The number of fused-ring (bicyclic) bond motifs is 2. The van der Waals surface area contributed by atoms with Crippen LogP contribution in [0.3, 0.4) is 0 Å². The number of rotatable bonds is 1. The summed E-state index contributed by atoms with van der Waals surface area (Å²) in [5, 5.41) is 1.88. The summed E-state index contributed by atoms with van der Waals surface area (Å²) >= 11 is 14.7. The lowest BCUT2D eigenvalue weighted by Gasteiger charge is -2.31. The zero-order chi connectivity index (χ0) is 15.3. The van der Waals surface area contributed by atoms with E-state index in [1.807, 2.05) is 36.0 Å². The highest BCUT2D eigenvalue weighted by Gasteiger charge is 2.40. The predicted molar refractivity (Wildman–Crippen MR) is 95.3 cm³/mol. The van der Waals surface area contributed by atoms with Crippen molar-refractivity contribution in [1.82, 2.24) is 4.90 Å². The molecule has 0 aromatic heterocycles. The Morgan fingerprint density at radius 3 is 2.59 bits per heavy atom. The van der Waals surface area contributed by atoms with E-state index in [1.165, 1.54) is 5.56 Å². The van der Waals surface area contributed by atoms with Gasteiger partial charge in [-0.2, -0.15) is 0 Å². The summed E-state index contributed by atoms with van der Waals surface area (Å²) in [7, 11) is 0. The normalized spacial score (nSPS) is 23.0. The van der Waals surface area contributed by atoms with E-state index in [0.29, 0.717) is 5.25 Å². The van der Waals surface area contributed by atoms with Gasteiger partial charge >= 0.3 is 0 Å². The fourth-order valence-corrected chi connectivity index (χ4v) is 5.18. The Bertz CT molecular complexity index is 755. The second kappa shape index (κ2) is 5.48. The van der Waals surface area contributed by atoms with Crippen molar-refractivity contribution in [3.8, 4) is 0 Å². The lowest BCUT2D eigenvalue weighted by molar-refractivity contribution is 0.398. The summed E-state index contributed by atoms with van der Waals surface area (Å²) in [6, 6.07) is 14.0. The molecule has 0 radical (unpaired) electrons. The minimum absolute atomic E-state index is 0.114. The second-order valence-corrected chi connectivity index (χ2v) is 7.73. The highest BCUT2D eigenvalue weighted by atomic mass is 35.5. The number of para-hydroxylation sites is 1. The first-order chi connectivity index (χ1) is 10.6. The molecule has 0 unspecified atom stereocenters. The van der Waals surface area contributed by atoms with Crippen molar-refractivity contribution < 1.29 is 0 Å². The molecule has 0 saturated carbocycles. The van der Waals surface area contributed by atoms with Crippen molar-refractivity contribution in [1.29, 1.82) is 0 Å². The van der Waals surface area contributed by atoms with Crippen LogP contribution in [0.5, 0.6) is 0 Å². The Morgan fingerprint density at radius 1 is 1.09 bits per heavy atom. The summed E-state index contributed by atoms with van der Waals surface area (Å²) in [4.78, 5) is 7.18. The van der Waals surface area contributed by atoms with Crippen molar-refractivity contribution in [3.63, 3.8) is 0 Å². The fourth-order valence-electron chi connectivity index (χ4n) is 3.03. The molecule has 22 heavy (non-hydrogen) atoms. The van der Waals surface area contributed by atoms with Crippen molar-refractivity contribution in [2.75, 3.05) is 0 Å². The first-order valence-corrected chi connectivity index (χ1v) is 8.87. The summed E-state index contributed by atoms with van der Waals surface area (Å²) < 4.78 is 0. The second-order valence-electron chi connectivity index (χ2n) is 5.49. The first-order valence-electron chi connectivity index (χ1n) is 7.17. The summed E-state index contributed by atoms with van der Waals surface area (Å²) in [5.41, 5.74) is 3.31. The topological polar surface area (TPSA) is 15.6 Å². The molecule has 2 heterocycles. The smallest absolute Gasteiger partial charge is 0.119 e. The van der Waals surface area contributed by atoms with Crippen LogP contribution in [0.25, 0.3) is 0 Å². The fraction of sp³-hybridized carbons (Fsp3) is 0.235. The van der Waals surface area contributed by atoms with E-state index in [-0.39, 0.29) is 5.37 Å². The minimum atomic E-state index is 0.114. The van der Waals surface area contributed by atoms with Gasteiger partial charge in [0.05, 0.1) is 10.9 Å². The Hall–Kier alpha value is -1.16. The van der Waals surface area contributed by atoms with E-state index < -0.39 is 0 Å². The third-order valence-corrected chi connectivity index (χ3v) is 6.11. The number of halogens is 2. The molecular weight excluding hydrogens is 335 g/mol. The number of hydrogen-bond donors (Lipinski definition) is 0. The summed E-state index contributed by atoms with van der Waals surface area (Å²) in [6.45, 7) is 3.04. The van der Waals surface area contributed by atoms with Crippen LogP contribution in [-0.4, -0.2) is 16.0 Å². The zero-order valence-corrected chi connectivity index (χ0v) is 14.3. The average molecular weight is 349 g/mol. The Kier molecular flexibility index (Phi) is 3.60. The lowest BCUT2D eigenvalue weighted by Crippen LogP contribution is -2.32.